The first-order valence-electron chi connectivity index (χ1n) is 8.33. The van der Waals surface area contributed by atoms with Gasteiger partial charge in [-0.15, -0.1) is 0 Å². The molecule has 5 heteroatoms. The third-order valence-electron chi connectivity index (χ3n) is 4.06. The maximum absolute atomic E-state index is 12.6. The molecule has 5 nitrogen and oxygen atoms in total. The predicted molar refractivity (Wildman–Crippen MR) is 100 cm³/mol. The highest BCUT2D eigenvalue weighted by Crippen LogP contribution is 2.18. The molecule has 0 saturated heterocycles. The van der Waals surface area contributed by atoms with Crippen molar-refractivity contribution >= 4 is 17.5 Å². The maximum Gasteiger partial charge on any atom is 0.291 e. The first-order valence-corrected chi connectivity index (χ1v) is 8.33. The summed E-state index contributed by atoms with van der Waals surface area (Å²) in [6, 6.07) is 16.6. The smallest absolute Gasteiger partial charge is 0.291 e. The number of carbonyl (C=O) groups excluding carboxylic acids is 2. The lowest BCUT2D eigenvalue weighted by Gasteiger charge is -2.11. The molecule has 1 aromatic heterocycles. The van der Waals surface area contributed by atoms with E-state index in [1.165, 1.54) is 11.8 Å². The number of benzene rings is 2. The van der Waals surface area contributed by atoms with E-state index in [4.69, 9.17) is 4.42 Å². The van der Waals surface area contributed by atoms with E-state index in [9.17, 15) is 9.59 Å². The van der Waals surface area contributed by atoms with Crippen LogP contribution in [0.2, 0.25) is 0 Å². The SMILES string of the molecule is Cc1ccc(CNC(=O)c2ccccc2NC(=O)c2occc2C)cc1. The van der Waals surface area contributed by atoms with E-state index in [0.29, 0.717) is 17.8 Å². The van der Waals surface area contributed by atoms with Gasteiger partial charge in [0.2, 0.25) is 0 Å². The zero-order chi connectivity index (χ0) is 18.5. The molecule has 26 heavy (non-hydrogen) atoms. The molecule has 3 rings (SSSR count). The first kappa shape index (κ1) is 17.5. The van der Waals surface area contributed by atoms with Gasteiger partial charge in [0.15, 0.2) is 5.76 Å². The number of nitrogens with one attached hydrogen (secondary N) is 2. The summed E-state index contributed by atoms with van der Waals surface area (Å²) in [6.45, 7) is 4.22. The minimum absolute atomic E-state index is 0.236. The Morgan fingerprint density at radius 3 is 2.35 bits per heavy atom. The normalized spacial score (nSPS) is 10.4. The quantitative estimate of drug-likeness (QED) is 0.730. The summed E-state index contributed by atoms with van der Waals surface area (Å²) in [5, 5.41) is 5.63. The van der Waals surface area contributed by atoms with E-state index in [0.717, 1.165) is 11.1 Å². The fraction of sp³-hybridized carbons (Fsp3) is 0.143. The molecule has 3 aromatic rings. The first-order chi connectivity index (χ1) is 12.5. The number of hydrogen-bond donors (Lipinski definition) is 2. The number of anilines is 1. The summed E-state index contributed by atoms with van der Waals surface area (Å²) in [5.41, 5.74) is 3.76. The number of para-hydroxylation sites is 1. The maximum atomic E-state index is 12.6. The van der Waals surface area contributed by atoms with Crippen LogP contribution in [-0.2, 0) is 6.54 Å². The zero-order valence-corrected chi connectivity index (χ0v) is 14.7. The Morgan fingerprint density at radius 2 is 1.65 bits per heavy atom. The van der Waals surface area contributed by atoms with Gasteiger partial charge in [-0.3, -0.25) is 9.59 Å². The van der Waals surface area contributed by atoms with Gasteiger partial charge in [-0.1, -0.05) is 42.0 Å². The van der Waals surface area contributed by atoms with E-state index in [1.807, 2.05) is 31.2 Å². The van der Waals surface area contributed by atoms with Crippen LogP contribution in [-0.4, -0.2) is 11.8 Å². The van der Waals surface area contributed by atoms with Crippen molar-refractivity contribution in [3.8, 4) is 0 Å². The molecular formula is C21H20N2O3. The molecule has 0 unspecified atom stereocenters. The predicted octanol–water partition coefficient (Wildman–Crippen LogP) is 4.08. The summed E-state index contributed by atoms with van der Waals surface area (Å²) >= 11 is 0. The van der Waals surface area contributed by atoms with Gasteiger partial charge in [0, 0.05) is 12.1 Å². The summed E-state index contributed by atoms with van der Waals surface area (Å²) in [7, 11) is 0. The fourth-order valence-corrected chi connectivity index (χ4v) is 2.56. The van der Waals surface area contributed by atoms with Crippen LogP contribution in [0.3, 0.4) is 0 Å². The molecule has 2 N–H and O–H groups in total. The molecule has 0 aliphatic rings. The summed E-state index contributed by atoms with van der Waals surface area (Å²) in [6.07, 6.45) is 1.46. The molecule has 132 valence electrons. The van der Waals surface area contributed by atoms with E-state index < -0.39 is 0 Å². The van der Waals surface area contributed by atoms with E-state index in [1.54, 1.807) is 37.3 Å². The van der Waals surface area contributed by atoms with Gasteiger partial charge in [0.05, 0.1) is 17.5 Å². The monoisotopic (exact) mass is 348 g/mol. The lowest BCUT2D eigenvalue weighted by Crippen LogP contribution is -2.25. The zero-order valence-electron chi connectivity index (χ0n) is 14.7. The Balaban J connectivity index is 1.71. The van der Waals surface area contributed by atoms with Gasteiger partial charge in [-0.25, -0.2) is 0 Å². The van der Waals surface area contributed by atoms with E-state index >= 15 is 0 Å². The largest absolute Gasteiger partial charge is 0.459 e. The molecule has 2 aromatic carbocycles. The van der Waals surface area contributed by atoms with Crippen LogP contribution in [0.15, 0.2) is 65.3 Å². The van der Waals surface area contributed by atoms with E-state index in [2.05, 4.69) is 10.6 Å². The number of carbonyl (C=O) groups is 2. The molecule has 0 saturated carbocycles. The molecule has 1 heterocycles. The lowest BCUT2D eigenvalue weighted by molar-refractivity contribution is 0.0952. The van der Waals surface area contributed by atoms with Crippen LogP contribution in [0.5, 0.6) is 0 Å². The van der Waals surface area contributed by atoms with Crippen LogP contribution >= 0.6 is 0 Å². The van der Waals surface area contributed by atoms with E-state index in [-0.39, 0.29) is 17.6 Å². The minimum atomic E-state index is -0.383. The van der Waals surface area contributed by atoms with Gasteiger partial charge in [-0.2, -0.15) is 0 Å². The number of amides is 2. The van der Waals surface area contributed by atoms with Crippen molar-refractivity contribution in [2.24, 2.45) is 0 Å². The third kappa shape index (κ3) is 4.00. The molecule has 0 spiro atoms. The molecule has 0 bridgehead atoms. The summed E-state index contributed by atoms with van der Waals surface area (Å²) in [4.78, 5) is 24.9. The molecule has 0 aliphatic heterocycles. The molecule has 0 radical (unpaired) electrons. The van der Waals surface area contributed by atoms with Crippen molar-refractivity contribution in [2.75, 3.05) is 5.32 Å². The number of rotatable bonds is 5. The molecule has 0 atom stereocenters. The fourth-order valence-electron chi connectivity index (χ4n) is 2.56. The molecular weight excluding hydrogens is 328 g/mol. The van der Waals surface area contributed by atoms with Crippen molar-refractivity contribution in [1.82, 2.24) is 5.32 Å². The van der Waals surface area contributed by atoms with Crippen molar-refractivity contribution in [3.63, 3.8) is 0 Å². The van der Waals surface area contributed by atoms with Crippen LogP contribution in [0.25, 0.3) is 0 Å². The summed E-state index contributed by atoms with van der Waals surface area (Å²) < 4.78 is 5.20. The molecule has 0 fully saturated rings. The topological polar surface area (TPSA) is 71.3 Å². The Kier molecular flexibility index (Phi) is 5.17. The molecule has 2 amide bonds. The Hall–Kier alpha value is -3.34. The second-order valence-corrected chi connectivity index (χ2v) is 6.10. The van der Waals surface area contributed by atoms with Gasteiger partial charge < -0.3 is 15.1 Å². The average Bonchev–Trinajstić information content (AvgIpc) is 3.07. The highest BCUT2D eigenvalue weighted by molar-refractivity contribution is 6.08. The van der Waals surface area contributed by atoms with Gasteiger partial charge >= 0.3 is 0 Å². The highest BCUT2D eigenvalue weighted by Gasteiger charge is 2.17. The van der Waals surface area contributed by atoms with Crippen molar-refractivity contribution in [1.29, 1.82) is 0 Å². The van der Waals surface area contributed by atoms with Gasteiger partial charge in [0.1, 0.15) is 0 Å². The van der Waals surface area contributed by atoms with Crippen LogP contribution < -0.4 is 10.6 Å². The van der Waals surface area contributed by atoms with Crippen LogP contribution in [0, 0.1) is 13.8 Å². The molecule has 0 aliphatic carbocycles. The third-order valence-corrected chi connectivity index (χ3v) is 4.06. The van der Waals surface area contributed by atoms with Gasteiger partial charge in [-0.05, 0) is 37.6 Å². The highest BCUT2D eigenvalue weighted by atomic mass is 16.3. The number of hydrogen-bond acceptors (Lipinski definition) is 3. The van der Waals surface area contributed by atoms with Crippen molar-refractivity contribution in [2.45, 2.75) is 20.4 Å². The lowest BCUT2D eigenvalue weighted by atomic mass is 10.1. The Bertz CT molecular complexity index is 926. The van der Waals surface area contributed by atoms with Gasteiger partial charge in [0.25, 0.3) is 11.8 Å². The number of furan rings is 1. The van der Waals surface area contributed by atoms with Crippen LogP contribution in [0.1, 0.15) is 37.6 Å². The Labute approximate surface area is 152 Å². The number of aryl methyl sites for hydroxylation is 2. The van der Waals surface area contributed by atoms with Crippen molar-refractivity contribution < 1.29 is 14.0 Å². The van der Waals surface area contributed by atoms with Crippen LogP contribution in [0.4, 0.5) is 5.69 Å². The standard InChI is InChI=1S/C21H20N2O3/c1-14-7-9-16(10-8-14)13-22-20(24)17-5-3-4-6-18(17)23-21(25)19-15(2)11-12-26-19/h3-12H,13H2,1-2H3,(H,22,24)(H,23,25). The average molecular weight is 348 g/mol. The second-order valence-electron chi connectivity index (χ2n) is 6.10. The summed E-state index contributed by atoms with van der Waals surface area (Å²) in [5.74, 6) is -0.399. The Morgan fingerprint density at radius 1 is 0.923 bits per heavy atom. The minimum Gasteiger partial charge on any atom is -0.459 e. The second kappa shape index (κ2) is 7.70. The van der Waals surface area contributed by atoms with Crippen molar-refractivity contribution in [3.05, 3.63) is 88.9 Å².